The molecule has 3 heterocycles. The Labute approximate surface area is 141 Å². The van der Waals surface area contributed by atoms with Gasteiger partial charge in [0.2, 0.25) is 17.7 Å². The molecule has 2 saturated heterocycles. The van der Waals surface area contributed by atoms with Gasteiger partial charge in [0.1, 0.15) is 0 Å². The van der Waals surface area contributed by atoms with Crippen LogP contribution in [0.5, 0.6) is 0 Å². The number of pyridine rings is 1. The number of hydrogen-bond acceptors (Lipinski definition) is 4. The summed E-state index contributed by atoms with van der Waals surface area (Å²) in [6, 6.07) is 3.78. The summed E-state index contributed by atoms with van der Waals surface area (Å²) in [5.41, 5.74) is 1.80. The van der Waals surface area contributed by atoms with Gasteiger partial charge in [-0.2, -0.15) is 0 Å². The molecular formula is C17H22N4O3. The lowest BCUT2D eigenvalue weighted by Gasteiger charge is -2.44. The van der Waals surface area contributed by atoms with Gasteiger partial charge in [-0.1, -0.05) is 6.07 Å². The molecule has 3 amide bonds. The van der Waals surface area contributed by atoms with E-state index in [2.05, 4.69) is 10.3 Å². The van der Waals surface area contributed by atoms with Crippen molar-refractivity contribution in [2.45, 2.75) is 25.8 Å². The van der Waals surface area contributed by atoms with E-state index in [1.807, 2.05) is 19.1 Å². The van der Waals surface area contributed by atoms with E-state index in [9.17, 15) is 14.4 Å². The molecule has 0 spiro atoms. The molecule has 1 aromatic rings. The molecule has 3 rings (SSSR count). The number of aryl methyl sites for hydroxylation is 1. The Morgan fingerprint density at radius 2 is 2.08 bits per heavy atom. The molecule has 2 aliphatic heterocycles. The number of hydrogen-bond donors (Lipinski definition) is 1. The van der Waals surface area contributed by atoms with Crippen LogP contribution >= 0.6 is 0 Å². The van der Waals surface area contributed by atoms with E-state index in [4.69, 9.17) is 0 Å². The second-order valence-electron chi connectivity index (χ2n) is 6.44. The molecule has 1 unspecified atom stereocenters. The zero-order valence-corrected chi connectivity index (χ0v) is 14.0. The van der Waals surface area contributed by atoms with Crippen LogP contribution in [0.3, 0.4) is 0 Å². The average Bonchev–Trinajstić information content (AvgIpc) is 2.89. The number of rotatable bonds is 4. The molecule has 0 radical (unpaired) electrons. The van der Waals surface area contributed by atoms with Gasteiger partial charge in [0, 0.05) is 45.0 Å². The molecule has 1 aromatic heterocycles. The molecule has 2 aliphatic rings. The van der Waals surface area contributed by atoms with Crippen LogP contribution in [0.25, 0.3) is 0 Å². The van der Waals surface area contributed by atoms with Crippen LogP contribution < -0.4 is 5.32 Å². The second kappa shape index (κ2) is 6.59. The number of nitrogens with one attached hydrogen (secondary N) is 1. The molecule has 1 N–H and O–H groups in total. The van der Waals surface area contributed by atoms with Crippen molar-refractivity contribution in [3.63, 3.8) is 0 Å². The number of aromatic nitrogens is 1. The van der Waals surface area contributed by atoms with Gasteiger partial charge < -0.3 is 15.1 Å². The van der Waals surface area contributed by atoms with E-state index < -0.39 is 0 Å². The molecule has 0 aromatic carbocycles. The van der Waals surface area contributed by atoms with E-state index in [0.717, 1.165) is 11.3 Å². The summed E-state index contributed by atoms with van der Waals surface area (Å²) in [5.74, 6) is -0.309. The van der Waals surface area contributed by atoms with E-state index >= 15 is 0 Å². The first-order valence-electron chi connectivity index (χ1n) is 8.19. The van der Waals surface area contributed by atoms with E-state index in [1.165, 1.54) is 0 Å². The SMILES string of the molecule is CNC(=O)C1CC(=O)N(C2CN(C(=O)Cc3cccnc3C)C2)C1. The predicted octanol–water partition coefficient (Wildman–Crippen LogP) is -0.262. The van der Waals surface area contributed by atoms with Gasteiger partial charge in [-0.15, -0.1) is 0 Å². The second-order valence-corrected chi connectivity index (χ2v) is 6.44. The monoisotopic (exact) mass is 330 g/mol. The summed E-state index contributed by atoms with van der Waals surface area (Å²) in [5, 5.41) is 2.59. The van der Waals surface area contributed by atoms with Crippen molar-refractivity contribution < 1.29 is 14.4 Å². The Balaban J connectivity index is 1.52. The summed E-state index contributed by atoms with van der Waals surface area (Å²) in [4.78, 5) is 43.8. The first-order valence-corrected chi connectivity index (χ1v) is 8.19. The Hall–Kier alpha value is -2.44. The molecule has 7 heteroatoms. The van der Waals surface area contributed by atoms with Gasteiger partial charge in [-0.05, 0) is 18.6 Å². The minimum absolute atomic E-state index is 0.00352. The molecular weight excluding hydrogens is 308 g/mol. The Bertz CT molecular complexity index is 670. The number of likely N-dealkylation sites (tertiary alicyclic amines) is 2. The van der Waals surface area contributed by atoms with Crippen LogP contribution in [-0.4, -0.2) is 65.2 Å². The minimum Gasteiger partial charge on any atom is -0.359 e. The standard InChI is InChI=1S/C17H22N4O3/c1-11-12(4-3-5-19-11)6-15(22)20-9-14(10-20)21-8-13(7-16(21)23)17(24)18-2/h3-5,13-14H,6-10H2,1-2H3,(H,18,24). The third kappa shape index (κ3) is 3.11. The van der Waals surface area contributed by atoms with Crippen molar-refractivity contribution in [1.82, 2.24) is 20.1 Å². The summed E-state index contributed by atoms with van der Waals surface area (Å²) in [6.07, 6.45) is 2.31. The summed E-state index contributed by atoms with van der Waals surface area (Å²) >= 11 is 0. The van der Waals surface area contributed by atoms with Crippen molar-refractivity contribution in [2.24, 2.45) is 5.92 Å². The van der Waals surface area contributed by atoms with Crippen LogP contribution in [0.2, 0.25) is 0 Å². The molecule has 0 aliphatic carbocycles. The topological polar surface area (TPSA) is 82.6 Å². The van der Waals surface area contributed by atoms with Crippen LogP contribution in [0, 0.1) is 12.8 Å². The normalized spacial score (nSPS) is 20.9. The zero-order valence-electron chi connectivity index (χ0n) is 14.0. The maximum absolute atomic E-state index is 12.3. The molecule has 128 valence electrons. The van der Waals surface area contributed by atoms with Crippen molar-refractivity contribution in [1.29, 1.82) is 0 Å². The summed E-state index contributed by atoms with van der Waals surface area (Å²) in [7, 11) is 1.58. The first-order chi connectivity index (χ1) is 11.5. The molecule has 24 heavy (non-hydrogen) atoms. The highest BCUT2D eigenvalue weighted by Crippen LogP contribution is 2.25. The quantitative estimate of drug-likeness (QED) is 0.824. The average molecular weight is 330 g/mol. The number of carbonyl (C=O) groups is 3. The lowest BCUT2D eigenvalue weighted by Crippen LogP contribution is -2.61. The smallest absolute Gasteiger partial charge is 0.227 e. The Morgan fingerprint density at radius 3 is 2.75 bits per heavy atom. The first kappa shape index (κ1) is 16.4. The number of amides is 3. The van der Waals surface area contributed by atoms with Gasteiger partial charge in [0.05, 0.1) is 18.4 Å². The molecule has 1 atom stereocenters. The van der Waals surface area contributed by atoms with Gasteiger partial charge in [-0.3, -0.25) is 19.4 Å². The van der Waals surface area contributed by atoms with Crippen molar-refractivity contribution in [2.75, 3.05) is 26.7 Å². The molecule has 0 bridgehead atoms. The zero-order chi connectivity index (χ0) is 17.3. The predicted molar refractivity (Wildman–Crippen MR) is 86.9 cm³/mol. The maximum atomic E-state index is 12.3. The number of nitrogens with zero attached hydrogens (tertiary/aromatic N) is 3. The summed E-state index contributed by atoms with van der Waals surface area (Å²) < 4.78 is 0. The Kier molecular flexibility index (Phi) is 4.51. The van der Waals surface area contributed by atoms with Crippen LogP contribution in [0.15, 0.2) is 18.3 Å². The van der Waals surface area contributed by atoms with E-state index in [0.29, 0.717) is 26.1 Å². The van der Waals surface area contributed by atoms with Gasteiger partial charge in [-0.25, -0.2) is 0 Å². The van der Waals surface area contributed by atoms with Gasteiger partial charge in [0.15, 0.2) is 0 Å². The minimum atomic E-state index is -0.273. The largest absolute Gasteiger partial charge is 0.359 e. The third-order valence-electron chi connectivity index (χ3n) is 4.89. The molecule has 0 saturated carbocycles. The van der Waals surface area contributed by atoms with Crippen LogP contribution in [0.4, 0.5) is 0 Å². The van der Waals surface area contributed by atoms with E-state index in [-0.39, 0.29) is 36.1 Å². The van der Waals surface area contributed by atoms with E-state index in [1.54, 1.807) is 23.0 Å². The maximum Gasteiger partial charge on any atom is 0.227 e. The lowest BCUT2D eigenvalue weighted by atomic mass is 10.0. The fraction of sp³-hybridized carbons (Fsp3) is 0.529. The fourth-order valence-electron chi connectivity index (χ4n) is 3.30. The van der Waals surface area contributed by atoms with Crippen molar-refractivity contribution >= 4 is 17.7 Å². The van der Waals surface area contributed by atoms with Crippen LogP contribution in [-0.2, 0) is 20.8 Å². The number of carbonyl (C=O) groups excluding carboxylic acids is 3. The molecule has 2 fully saturated rings. The highest BCUT2D eigenvalue weighted by atomic mass is 16.2. The highest BCUT2D eigenvalue weighted by molar-refractivity contribution is 5.89. The Morgan fingerprint density at radius 1 is 1.33 bits per heavy atom. The van der Waals surface area contributed by atoms with Crippen molar-refractivity contribution in [3.05, 3.63) is 29.6 Å². The van der Waals surface area contributed by atoms with Crippen molar-refractivity contribution in [3.8, 4) is 0 Å². The summed E-state index contributed by atoms with van der Waals surface area (Å²) in [6.45, 7) is 3.44. The lowest BCUT2D eigenvalue weighted by molar-refractivity contribution is -0.143. The highest BCUT2D eigenvalue weighted by Gasteiger charge is 2.43. The third-order valence-corrected chi connectivity index (χ3v) is 4.89. The molecule has 7 nitrogen and oxygen atoms in total. The van der Waals surface area contributed by atoms with Crippen LogP contribution in [0.1, 0.15) is 17.7 Å². The van der Waals surface area contributed by atoms with Gasteiger partial charge >= 0.3 is 0 Å². The fourth-order valence-corrected chi connectivity index (χ4v) is 3.30. The van der Waals surface area contributed by atoms with Gasteiger partial charge in [0.25, 0.3) is 0 Å².